The highest BCUT2D eigenvalue weighted by Gasteiger charge is 2.15. The summed E-state index contributed by atoms with van der Waals surface area (Å²) in [6.07, 6.45) is 0. The summed E-state index contributed by atoms with van der Waals surface area (Å²) in [5.74, 6) is 0.716. The second-order valence-corrected chi connectivity index (χ2v) is 13.4. The van der Waals surface area contributed by atoms with Gasteiger partial charge in [0.25, 0.3) is 0 Å². The number of nitrogens with zero attached hydrogens (tertiary/aromatic N) is 3. The highest BCUT2D eigenvalue weighted by Crippen LogP contribution is 2.38. The molecule has 0 fully saturated rings. The molecule has 0 unspecified atom stereocenters. The molecule has 3 nitrogen and oxygen atoms in total. The largest absolute Gasteiger partial charge is 0.309 e. The Labute approximate surface area is 308 Å². The van der Waals surface area contributed by atoms with Gasteiger partial charge >= 0.3 is 0 Å². The molecular weight excluding hydrogens is 643 g/mol. The van der Waals surface area contributed by atoms with Crippen molar-refractivity contribution in [2.45, 2.75) is 0 Å². The molecule has 248 valence electrons. The van der Waals surface area contributed by atoms with Crippen LogP contribution in [0.4, 0.5) is 0 Å². The lowest BCUT2D eigenvalue weighted by atomic mass is 9.92. The van der Waals surface area contributed by atoms with Crippen molar-refractivity contribution >= 4 is 32.6 Å². The SMILES string of the molecule is c1ccc(-c2cc(-c3ccc(-c4ccc(-c5ccc(-n6c7ccccc7c7ccccc76)cc5)cc4)c4ccccc34)nc(-c3ccccc3)n2)cc1. The number of para-hydroxylation sites is 2. The van der Waals surface area contributed by atoms with E-state index >= 15 is 0 Å². The van der Waals surface area contributed by atoms with Crippen molar-refractivity contribution in [3.05, 3.63) is 200 Å². The van der Waals surface area contributed by atoms with Gasteiger partial charge < -0.3 is 4.57 Å². The van der Waals surface area contributed by atoms with Crippen LogP contribution in [0, 0.1) is 0 Å². The van der Waals surface area contributed by atoms with E-state index in [1.165, 1.54) is 49.4 Å². The van der Waals surface area contributed by atoms with Crippen molar-refractivity contribution < 1.29 is 0 Å². The first kappa shape index (κ1) is 30.7. The summed E-state index contributed by atoms with van der Waals surface area (Å²) in [6.45, 7) is 0. The highest BCUT2D eigenvalue weighted by atomic mass is 15.0. The smallest absolute Gasteiger partial charge is 0.160 e. The standard InChI is InChI=1S/C50H33N3/c1-3-13-37(14-4-1)46-33-47(52-50(51-46)38-15-5-2-6-16-38)43-32-31-40(41-17-7-8-18-42(41)43)36-25-23-34(24-26-36)35-27-29-39(30-28-35)53-48-21-11-9-19-44(48)45-20-10-12-22-49(45)53/h1-33H. The molecule has 8 aromatic carbocycles. The third-order valence-electron chi connectivity index (χ3n) is 10.3. The van der Waals surface area contributed by atoms with Crippen LogP contribution in [0.2, 0.25) is 0 Å². The lowest BCUT2D eigenvalue weighted by molar-refractivity contribution is 1.18. The molecule has 0 atom stereocenters. The first-order chi connectivity index (χ1) is 26.3. The van der Waals surface area contributed by atoms with Crippen LogP contribution >= 0.6 is 0 Å². The first-order valence-electron chi connectivity index (χ1n) is 18.0. The molecule has 10 aromatic rings. The van der Waals surface area contributed by atoms with Gasteiger partial charge in [-0.25, -0.2) is 9.97 Å². The summed E-state index contributed by atoms with van der Waals surface area (Å²) < 4.78 is 2.36. The maximum absolute atomic E-state index is 5.14. The van der Waals surface area contributed by atoms with Crippen molar-refractivity contribution in [2.24, 2.45) is 0 Å². The normalized spacial score (nSPS) is 11.4. The maximum atomic E-state index is 5.14. The summed E-state index contributed by atoms with van der Waals surface area (Å²) >= 11 is 0. The Morgan fingerprint density at radius 1 is 0.302 bits per heavy atom. The molecule has 3 heteroatoms. The summed E-state index contributed by atoms with van der Waals surface area (Å²) in [7, 11) is 0. The van der Waals surface area contributed by atoms with Gasteiger partial charge in [0.15, 0.2) is 5.82 Å². The fourth-order valence-electron chi connectivity index (χ4n) is 7.68. The molecule has 2 heterocycles. The third-order valence-corrected chi connectivity index (χ3v) is 10.3. The zero-order chi connectivity index (χ0) is 35.1. The van der Waals surface area contributed by atoms with Gasteiger partial charge in [-0.15, -0.1) is 0 Å². The number of fused-ring (bicyclic) bond motifs is 4. The molecule has 0 N–H and O–H groups in total. The Hall–Kier alpha value is -7.10. The fourth-order valence-corrected chi connectivity index (χ4v) is 7.68. The van der Waals surface area contributed by atoms with Crippen LogP contribution in [0.1, 0.15) is 0 Å². The maximum Gasteiger partial charge on any atom is 0.160 e. The molecule has 0 aliphatic carbocycles. The molecule has 53 heavy (non-hydrogen) atoms. The van der Waals surface area contributed by atoms with E-state index < -0.39 is 0 Å². The highest BCUT2D eigenvalue weighted by molar-refractivity contribution is 6.09. The van der Waals surface area contributed by atoms with E-state index in [1.807, 2.05) is 24.3 Å². The quantitative estimate of drug-likeness (QED) is 0.176. The minimum absolute atomic E-state index is 0.716. The number of hydrogen-bond donors (Lipinski definition) is 0. The molecule has 0 saturated carbocycles. The second kappa shape index (κ2) is 12.9. The van der Waals surface area contributed by atoms with Crippen LogP contribution in [0.5, 0.6) is 0 Å². The average molecular weight is 676 g/mol. The van der Waals surface area contributed by atoms with Crippen LogP contribution in [0.15, 0.2) is 200 Å². The Kier molecular flexibility index (Phi) is 7.47. The fraction of sp³-hybridized carbons (Fsp3) is 0. The van der Waals surface area contributed by atoms with Crippen LogP contribution in [0.25, 0.3) is 94.4 Å². The van der Waals surface area contributed by atoms with Crippen LogP contribution in [-0.4, -0.2) is 14.5 Å². The summed E-state index contributed by atoms with van der Waals surface area (Å²) in [4.78, 5) is 10.1. The van der Waals surface area contributed by atoms with Crippen LogP contribution < -0.4 is 0 Å². The van der Waals surface area contributed by atoms with Gasteiger partial charge in [0.05, 0.1) is 22.4 Å². The van der Waals surface area contributed by atoms with Gasteiger partial charge in [0.1, 0.15) is 0 Å². The number of rotatable bonds is 6. The van der Waals surface area contributed by atoms with E-state index in [4.69, 9.17) is 9.97 Å². The number of benzene rings is 8. The number of hydrogen-bond acceptors (Lipinski definition) is 2. The van der Waals surface area contributed by atoms with Gasteiger partial charge in [-0.2, -0.15) is 0 Å². The minimum Gasteiger partial charge on any atom is -0.309 e. The van der Waals surface area contributed by atoms with E-state index in [0.29, 0.717) is 5.82 Å². The van der Waals surface area contributed by atoms with E-state index in [9.17, 15) is 0 Å². The van der Waals surface area contributed by atoms with Gasteiger partial charge in [-0.05, 0) is 63.4 Å². The molecule has 2 aromatic heterocycles. The predicted molar refractivity (Wildman–Crippen MR) is 221 cm³/mol. The Balaban J connectivity index is 1.01. The zero-order valence-corrected chi connectivity index (χ0v) is 28.9. The molecular formula is C50H33N3. The third kappa shape index (κ3) is 5.47. The summed E-state index contributed by atoms with van der Waals surface area (Å²) in [5, 5.41) is 4.89. The Morgan fingerprint density at radius 3 is 1.38 bits per heavy atom. The molecule has 0 spiro atoms. The zero-order valence-electron chi connectivity index (χ0n) is 28.9. The molecule has 0 amide bonds. The average Bonchev–Trinajstić information content (AvgIpc) is 3.58. The Morgan fingerprint density at radius 2 is 0.755 bits per heavy atom. The summed E-state index contributed by atoms with van der Waals surface area (Å²) in [5.41, 5.74) is 13.3. The van der Waals surface area contributed by atoms with E-state index in [2.05, 4.69) is 180 Å². The lowest BCUT2D eigenvalue weighted by Gasteiger charge is -2.14. The first-order valence-corrected chi connectivity index (χ1v) is 18.0. The van der Waals surface area contributed by atoms with Crippen molar-refractivity contribution in [1.29, 1.82) is 0 Å². The second-order valence-electron chi connectivity index (χ2n) is 13.4. The number of aromatic nitrogens is 3. The Bertz CT molecular complexity index is 2800. The molecule has 0 bridgehead atoms. The van der Waals surface area contributed by atoms with Crippen LogP contribution in [0.3, 0.4) is 0 Å². The lowest BCUT2D eigenvalue weighted by Crippen LogP contribution is -1.96. The molecule has 0 aliphatic heterocycles. The topological polar surface area (TPSA) is 30.7 Å². The molecule has 10 rings (SSSR count). The van der Waals surface area contributed by atoms with Crippen molar-refractivity contribution in [1.82, 2.24) is 14.5 Å². The van der Waals surface area contributed by atoms with Crippen molar-refractivity contribution in [3.8, 4) is 61.8 Å². The van der Waals surface area contributed by atoms with E-state index in [-0.39, 0.29) is 0 Å². The molecule has 0 saturated heterocycles. The van der Waals surface area contributed by atoms with Gasteiger partial charge in [0, 0.05) is 33.2 Å². The molecule has 0 radical (unpaired) electrons. The predicted octanol–water partition coefficient (Wildman–Crippen LogP) is 13.1. The van der Waals surface area contributed by atoms with Crippen LogP contribution in [-0.2, 0) is 0 Å². The van der Waals surface area contributed by atoms with Gasteiger partial charge in [-0.1, -0.05) is 170 Å². The molecule has 0 aliphatic rings. The van der Waals surface area contributed by atoms with Crippen molar-refractivity contribution in [3.63, 3.8) is 0 Å². The monoisotopic (exact) mass is 675 g/mol. The van der Waals surface area contributed by atoms with Gasteiger partial charge in [0.2, 0.25) is 0 Å². The summed E-state index contributed by atoms with van der Waals surface area (Å²) in [6, 6.07) is 70.9. The van der Waals surface area contributed by atoms with Crippen molar-refractivity contribution in [2.75, 3.05) is 0 Å². The van der Waals surface area contributed by atoms with Gasteiger partial charge in [-0.3, -0.25) is 0 Å². The van der Waals surface area contributed by atoms with E-state index in [1.54, 1.807) is 0 Å². The van der Waals surface area contributed by atoms with E-state index in [0.717, 1.165) is 39.2 Å². The minimum atomic E-state index is 0.716.